The fourth-order valence-electron chi connectivity index (χ4n) is 5.85. The summed E-state index contributed by atoms with van der Waals surface area (Å²) in [5.74, 6) is 0.452. The van der Waals surface area contributed by atoms with Crippen molar-refractivity contribution in [3.8, 4) is 34.3 Å². The SMILES string of the molecule is COc1cc(-c2cc3cc(NC(=O)[C@@H]4C[C@@H]4F)ncc3c(N)n2)c(C)cn1.COc1cc(-c2cc3cc(NC(=O)[C@H]4C[C@H]4F)ncc3c(N)n2)c(C)cn1. The van der Waals surface area contributed by atoms with E-state index in [0.29, 0.717) is 57.2 Å². The Morgan fingerprint density at radius 1 is 0.648 bits per heavy atom. The van der Waals surface area contributed by atoms with Crippen molar-refractivity contribution in [1.29, 1.82) is 0 Å². The molecule has 2 aliphatic rings. The van der Waals surface area contributed by atoms with Crippen LogP contribution < -0.4 is 31.6 Å². The van der Waals surface area contributed by atoms with Crippen LogP contribution in [0.3, 0.4) is 0 Å². The number of nitrogens with one attached hydrogen (secondary N) is 2. The molecule has 0 aromatic carbocycles. The zero-order valence-electron chi connectivity index (χ0n) is 29.7. The lowest BCUT2D eigenvalue weighted by Crippen LogP contribution is -2.15. The van der Waals surface area contributed by atoms with Crippen molar-refractivity contribution in [3.63, 3.8) is 0 Å². The number of hydrogen-bond donors (Lipinski definition) is 4. The van der Waals surface area contributed by atoms with Crippen molar-refractivity contribution in [2.75, 3.05) is 36.3 Å². The molecule has 0 bridgehead atoms. The van der Waals surface area contributed by atoms with Gasteiger partial charge in [0.05, 0.1) is 37.4 Å². The van der Waals surface area contributed by atoms with Crippen LogP contribution in [0.25, 0.3) is 44.1 Å². The van der Waals surface area contributed by atoms with Crippen molar-refractivity contribution < 1.29 is 27.8 Å². The number of nitrogens with two attached hydrogens (primary N) is 2. The van der Waals surface area contributed by atoms with Crippen LogP contribution in [0.5, 0.6) is 11.8 Å². The van der Waals surface area contributed by atoms with E-state index in [-0.39, 0.29) is 24.7 Å². The van der Waals surface area contributed by atoms with Gasteiger partial charge < -0.3 is 31.6 Å². The third-order valence-electron chi connectivity index (χ3n) is 9.22. The van der Waals surface area contributed by atoms with E-state index < -0.39 is 24.2 Å². The van der Waals surface area contributed by atoms with Crippen LogP contribution in [-0.2, 0) is 9.59 Å². The molecule has 0 unspecified atom stereocenters. The molecule has 6 aromatic rings. The standard InChI is InChI=1S/2C19H18FN5O2/c2*1-9-7-23-17(27-2)6-11(9)15-3-10-4-16(22-8-13(10)18(21)24-15)25-19(26)12-5-14(12)20/h2*3-4,6-8,12,14H,5H2,1-2H3,(H2,21,24)(H,22,25,26)/t2*12-,14+/m10/s1. The number of hydrogen-bond acceptors (Lipinski definition) is 12. The van der Waals surface area contributed by atoms with E-state index in [0.717, 1.165) is 33.0 Å². The fourth-order valence-corrected chi connectivity index (χ4v) is 5.85. The number of ether oxygens (including phenoxy) is 2. The van der Waals surface area contributed by atoms with Crippen LogP contribution in [0.2, 0.25) is 0 Å². The van der Waals surface area contributed by atoms with E-state index >= 15 is 0 Å². The second kappa shape index (κ2) is 14.4. The number of fused-ring (bicyclic) bond motifs is 2. The summed E-state index contributed by atoms with van der Waals surface area (Å²) in [5, 5.41) is 8.19. The first kappa shape index (κ1) is 35.8. The molecule has 0 saturated heterocycles. The highest BCUT2D eigenvalue weighted by Gasteiger charge is 2.44. The first-order valence-corrected chi connectivity index (χ1v) is 17.0. The van der Waals surface area contributed by atoms with Gasteiger partial charge in [0.15, 0.2) is 0 Å². The quantitative estimate of drug-likeness (QED) is 0.147. The van der Waals surface area contributed by atoms with Gasteiger partial charge in [0.1, 0.15) is 35.6 Å². The van der Waals surface area contributed by atoms with Gasteiger partial charge in [0.25, 0.3) is 0 Å². The van der Waals surface area contributed by atoms with Crippen molar-refractivity contribution in [2.45, 2.75) is 39.0 Å². The number of anilines is 4. The van der Waals surface area contributed by atoms with Crippen LogP contribution in [-0.4, -0.2) is 68.3 Å². The second-order valence-corrected chi connectivity index (χ2v) is 13.1. The van der Waals surface area contributed by atoms with E-state index in [9.17, 15) is 18.4 Å². The fraction of sp³-hybridized carbons (Fsp3) is 0.263. The largest absolute Gasteiger partial charge is 0.481 e. The Hall–Kier alpha value is -6.58. The number of alkyl halides is 2. The van der Waals surface area contributed by atoms with Gasteiger partial charge in [-0.15, -0.1) is 0 Å². The van der Waals surface area contributed by atoms with Crippen LogP contribution in [0.15, 0.2) is 61.2 Å². The molecule has 8 rings (SSSR count). The number of carbonyl (C=O) groups is 2. The monoisotopic (exact) mass is 734 g/mol. The molecule has 0 aliphatic heterocycles. The molecule has 14 nitrogen and oxygen atoms in total. The molecule has 2 aliphatic carbocycles. The summed E-state index contributed by atoms with van der Waals surface area (Å²) >= 11 is 0. The summed E-state index contributed by atoms with van der Waals surface area (Å²) in [6.07, 6.45) is 4.94. The van der Waals surface area contributed by atoms with Gasteiger partial charge in [0, 0.05) is 58.8 Å². The van der Waals surface area contributed by atoms with Crippen LogP contribution in [0.4, 0.5) is 32.1 Å². The van der Waals surface area contributed by atoms with Crippen molar-refractivity contribution in [3.05, 3.63) is 72.3 Å². The molecule has 2 saturated carbocycles. The third kappa shape index (κ3) is 7.49. The maximum absolute atomic E-state index is 13.1. The molecular formula is C38H36F2N10O4. The Kier molecular flexibility index (Phi) is 9.58. The number of methoxy groups -OCH3 is 2. The lowest BCUT2D eigenvalue weighted by Gasteiger charge is -2.11. The third-order valence-corrected chi connectivity index (χ3v) is 9.22. The summed E-state index contributed by atoms with van der Waals surface area (Å²) in [4.78, 5) is 49.5. The Bertz CT molecular complexity index is 2280. The molecule has 54 heavy (non-hydrogen) atoms. The number of aromatic nitrogens is 6. The van der Waals surface area contributed by atoms with Crippen LogP contribution >= 0.6 is 0 Å². The Morgan fingerprint density at radius 3 is 1.39 bits per heavy atom. The molecule has 2 fully saturated rings. The number of rotatable bonds is 8. The lowest BCUT2D eigenvalue weighted by molar-refractivity contribution is -0.118. The summed E-state index contributed by atoms with van der Waals surface area (Å²) < 4.78 is 36.5. The minimum atomic E-state index is -1.05. The summed E-state index contributed by atoms with van der Waals surface area (Å²) in [5.41, 5.74) is 17.1. The van der Waals surface area contributed by atoms with Gasteiger partial charge in [-0.05, 0) is 72.9 Å². The molecular weight excluding hydrogens is 698 g/mol. The van der Waals surface area contributed by atoms with E-state index in [1.54, 1.807) is 63.3 Å². The van der Waals surface area contributed by atoms with Gasteiger partial charge in [0.2, 0.25) is 23.6 Å². The molecule has 276 valence electrons. The molecule has 2 amide bonds. The number of aryl methyl sites for hydroxylation is 2. The molecule has 6 heterocycles. The molecule has 16 heteroatoms. The molecule has 4 atom stereocenters. The van der Waals surface area contributed by atoms with Gasteiger partial charge in [-0.2, -0.15) is 0 Å². The topological polar surface area (TPSA) is 206 Å². The molecule has 0 spiro atoms. The number of nitrogen functional groups attached to an aromatic ring is 2. The van der Waals surface area contributed by atoms with Crippen LogP contribution in [0, 0.1) is 25.7 Å². The first-order valence-electron chi connectivity index (χ1n) is 17.0. The maximum atomic E-state index is 13.1. The molecule has 6 aromatic heterocycles. The number of amides is 2. The van der Waals surface area contributed by atoms with Gasteiger partial charge >= 0.3 is 0 Å². The highest BCUT2D eigenvalue weighted by atomic mass is 19.1. The van der Waals surface area contributed by atoms with E-state index in [1.165, 1.54) is 0 Å². The number of pyridine rings is 6. The van der Waals surface area contributed by atoms with Crippen molar-refractivity contribution >= 4 is 56.6 Å². The van der Waals surface area contributed by atoms with Crippen molar-refractivity contribution in [2.24, 2.45) is 11.8 Å². The van der Waals surface area contributed by atoms with Gasteiger partial charge in [-0.25, -0.2) is 38.7 Å². The summed E-state index contributed by atoms with van der Waals surface area (Å²) in [7, 11) is 3.10. The minimum absolute atomic E-state index is 0.267. The highest BCUT2D eigenvalue weighted by molar-refractivity contribution is 6.00. The van der Waals surface area contributed by atoms with Gasteiger partial charge in [-0.1, -0.05) is 0 Å². The molecule has 6 N–H and O–H groups in total. The summed E-state index contributed by atoms with van der Waals surface area (Å²) in [6.45, 7) is 3.84. The average Bonchev–Trinajstić information content (AvgIpc) is 4.08. The zero-order chi connectivity index (χ0) is 38.3. The Morgan fingerprint density at radius 2 is 1.04 bits per heavy atom. The molecule has 0 radical (unpaired) electrons. The minimum Gasteiger partial charge on any atom is -0.481 e. The van der Waals surface area contributed by atoms with E-state index in [4.69, 9.17) is 20.9 Å². The highest BCUT2D eigenvalue weighted by Crippen LogP contribution is 2.37. The van der Waals surface area contributed by atoms with Crippen molar-refractivity contribution in [1.82, 2.24) is 29.9 Å². The number of carbonyl (C=O) groups excluding carboxylic acids is 2. The van der Waals surface area contributed by atoms with Crippen LogP contribution in [0.1, 0.15) is 24.0 Å². The normalized spacial score (nSPS) is 18.3. The number of halogens is 2. The smallest absolute Gasteiger partial charge is 0.231 e. The zero-order valence-corrected chi connectivity index (χ0v) is 29.7. The lowest BCUT2D eigenvalue weighted by atomic mass is 10.1. The Labute approximate surface area is 307 Å². The van der Waals surface area contributed by atoms with Gasteiger partial charge in [-0.3, -0.25) is 9.59 Å². The summed E-state index contributed by atoms with van der Waals surface area (Å²) in [6, 6.07) is 10.7. The maximum Gasteiger partial charge on any atom is 0.231 e. The Balaban J connectivity index is 0.000000167. The van der Waals surface area contributed by atoms with E-state index in [1.807, 2.05) is 26.0 Å². The predicted octanol–water partition coefficient (Wildman–Crippen LogP) is 5.78. The van der Waals surface area contributed by atoms with E-state index in [2.05, 4.69) is 40.5 Å². The average molecular weight is 735 g/mol. The second-order valence-electron chi connectivity index (χ2n) is 13.1. The predicted molar refractivity (Wildman–Crippen MR) is 200 cm³/mol. The number of nitrogens with zero attached hydrogens (tertiary/aromatic N) is 6. The first-order chi connectivity index (χ1) is 25.9.